The Balaban J connectivity index is 0.00000324. The highest BCUT2D eigenvalue weighted by molar-refractivity contribution is 5.96. The third-order valence-electron chi connectivity index (χ3n) is 2.56. The van der Waals surface area contributed by atoms with Gasteiger partial charge in [-0.05, 0) is 38.1 Å². The lowest BCUT2D eigenvalue weighted by Crippen LogP contribution is -2.38. The fourth-order valence-electron chi connectivity index (χ4n) is 1.19. The van der Waals surface area contributed by atoms with Gasteiger partial charge in [0.05, 0.1) is 0 Å². The Bertz CT molecular complexity index is 393. The van der Waals surface area contributed by atoms with Crippen LogP contribution in [-0.4, -0.2) is 31.8 Å². The predicted molar refractivity (Wildman–Crippen MR) is 78.0 cm³/mol. The number of methoxy groups -OCH3 is 1. The van der Waals surface area contributed by atoms with Gasteiger partial charge in [-0.3, -0.25) is 4.79 Å². The highest BCUT2D eigenvalue weighted by Crippen LogP contribution is 2.17. The van der Waals surface area contributed by atoms with Crippen LogP contribution in [-0.2, 0) is 9.53 Å². The van der Waals surface area contributed by atoms with Crippen LogP contribution < -0.4 is 15.8 Å². The molecule has 1 aromatic rings. The van der Waals surface area contributed by atoms with E-state index in [1.807, 2.05) is 0 Å². The van der Waals surface area contributed by atoms with Crippen molar-refractivity contribution in [2.24, 2.45) is 5.73 Å². The first-order chi connectivity index (χ1) is 8.49. The molecule has 0 aliphatic carbocycles. The molecule has 1 aromatic carbocycles. The number of amides is 1. The zero-order valence-electron chi connectivity index (χ0n) is 11.4. The molecule has 0 fully saturated rings. The summed E-state index contributed by atoms with van der Waals surface area (Å²) in [6.07, 6.45) is 0. The van der Waals surface area contributed by atoms with Gasteiger partial charge in [0.25, 0.3) is 5.91 Å². The molecule has 5 nitrogen and oxygen atoms in total. The summed E-state index contributed by atoms with van der Waals surface area (Å²) in [7, 11) is 1.50. The molecule has 3 N–H and O–H groups in total. The summed E-state index contributed by atoms with van der Waals surface area (Å²) < 4.78 is 10.4. The average molecular weight is 289 g/mol. The van der Waals surface area contributed by atoms with Crippen LogP contribution in [0.1, 0.15) is 13.8 Å². The van der Waals surface area contributed by atoms with Gasteiger partial charge < -0.3 is 20.5 Å². The average Bonchev–Trinajstić information content (AvgIpc) is 2.37. The van der Waals surface area contributed by atoms with Gasteiger partial charge >= 0.3 is 0 Å². The summed E-state index contributed by atoms with van der Waals surface area (Å²) in [6, 6.07) is 7.11. The second kappa shape index (κ2) is 7.99. The van der Waals surface area contributed by atoms with Gasteiger partial charge in [-0.25, -0.2) is 0 Å². The van der Waals surface area contributed by atoms with Gasteiger partial charge in [0.2, 0.25) is 0 Å². The second-order valence-corrected chi connectivity index (χ2v) is 4.33. The van der Waals surface area contributed by atoms with E-state index < -0.39 is 5.60 Å². The molecule has 0 atom stereocenters. The lowest BCUT2D eigenvalue weighted by molar-refractivity contribution is -0.133. The quantitative estimate of drug-likeness (QED) is 0.837. The van der Waals surface area contributed by atoms with Crippen LogP contribution >= 0.6 is 12.4 Å². The number of halogens is 1. The zero-order valence-corrected chi connectivity index (χ0v) is 12.3. The number of rotatable bonds is 6. The van der Waals surface area contributed by atoms with E-state index in [9.17, 15) is 4.79 Å². The summed E-state index contributed by atoms with van der Waals surface area (Å²) in [5.41, 5.74) is 5.19. The second-order valence-electron chi connectivity index (χ2n) is 4.33. The molecule has 0 saturated carbocycles. The number of nitrogens with one attached hydrogen (secondary N) is 1. The van der Waals surface area contributed by atoms with E-state index in [-0.39, 0.29) is 18.3 Å². The van der Waals surface area contributed by atoms with Crippen LogP contribution in [0.5, 0.6) is 5.75 Å². The van der Waals surface area contributed by atoms with Gasteiger partial charge in [-0.15, -0.1) is 12.4 Å². The summed E-state index contributed by atoms with van der Waals surface area (Å²) in [5.74, 6) is 0.532. The van der Waals surface area contributed by atoms with E-state index in [0.29, 0.717) is 18.8 Å². The first kappa shape index (κ1) is 17.7. The van der Waals surface area contributed by atoms with Crippen molar-refractivity contribution in [3.63, 3.8) is 0 Å². The van der Waals surface area contributed by atoms with Crippen molar-refractivity contribution >= 4 is 24.0 Å². The van der Waals surface area contributed by atoms with Gasteiger partial charge in [-0.1, -0.05) is 0 Å². The molecule has 19 heavy (non-hydrogen) atoms. The van der Waals surface area contributed by atoms with Crippen molar-refractivity contribution in [1.29, 1.82) is 0 Å². The Morgan fingerprint density at radius 2 is 1.89 bits per heavy atom. The van der Waals surface area contributed by atoms with Gasteiger partial charge in [0, 0.05) is 19.3 Å². The number of nitrogens with two attached hydrogens (primary N) is 1. The molecular weight excluding hydrogens is 268 g/mol. The summed E-state index contributed by atoms with van der Waals surface area (Å²) in [4.78, 5) is 11.8. The Kier molecular flexibility index (Phi) is 7.44. The largest absolute Gasteiger partial charge is 0.492 e. The van der Waals surface area contributed by atoms with Gasteiger partial charge in [-0.2, -0.15) is 0 Å². The summed E-state index contributed by atoms with van der Waals surface area (Å²) >= 11 is 0. The molecule has 108 valence electrons. The van der Waals surface area contributed by atoms with Crippen LogP contribution in [0.25, 0.3) is 0 Å². The predicted octanol–water partition coefficient (Wildman–Crippen LogP) is 1.81. The third kappa shape index (κ3) is 5.46. The van der Waals surface area contributed by atoms with Crippen molar-refractivity contribution in [2.75, 3.05) is 25.6 Å². The molecule has 1 rings (SSSR count). The lowest BCUT2D eigenvalue weighted by atomic mass is 10.1. The third-order valence-corrected chi connectivity index (χ3v) is 2.56. The molecule has 1 amide bonds. The Morgan fingerprint density at radius 3 is 2.37 bits per heavy atom. The van der Waals surface area contributed by atoms with Crippen LogP contribution in [0.4, 0.5) is 5.69 Å². The molecule has 0 aliphatic heterocycles. The Hall–Kier alpha value is -1.30. The van der Waals surface area contributed by atoms with Crippen LogP contribution in [0.3, 0.4) is 0 Å². The number of carbonyl (C=O) groups is 1. The number of hydrogen-bond acceptors (Lipinski definition) is 4. The maximum absolute atomic E-state index is 11.8. The maximum Gasteiger partial charge on any atom is 0.256 e. The van der Waals surface area contributed by atoms with E-state index in [2.05, 4.69) is 5.32 Å². The van der Waals surface area contributed by atoms with Crippen LogP contribution in [0.2, 0.25) is 0 Å². The minimum Gasteiger partial charge on any atom is -0.492 e. The SMILES string of the molecule is COC(C)(C)C(=O)Nc1ccc(OCCN)cc1.Cl. The number of ether oxygens (including phenoxy) is 2. The minimum absolute atomic E-state index is 0. The number of hydrogen-bond donors (Lipinski definition) is 2. The monoisotopic (exact) mass is 288 g/mol. The number of carbonyl (C=O) groups excluding carboxylic acids is 1. The summed E-state index contributed by atoms with van der Waals surface area (Å²) in [5, 5.41) is 2.77. The van der Waals surface area contributed by atoms with Crippen molar-refractivity contribution in [1.82, 2.24) is 0 Å². The first-order valence-electron chi connectivity index (χ1n) is 5.79. The number of benzene rings is 1. The molecule has 0 aromatic heterocycles. The van der Waals surface area contributed by atoms with Crippen molar-refractivity contribution in [3.05, 3.63) is 24.3 Å². The van der Waals surface area contributed by atoms with E-state index in [1.165, 1.54) is 7.11 Å². The highest BCUT2D eigenvalue weighted by atomic mass is 35.5. The topological polar surface area (TPSA) is 73.6 Å². The normalized spacial score (nSPS) is 10.5. The Labute approximate surface area is 119 Å². The van der Waals surface area contributed by atoms with E-state index in [1.54, 1.807) is 38.1 Å². The smallest absolute Gasteiger partial charge is 0.256 e. The molecule has 6 heteroatoms. The fourth-order valence-corrected chi connectivity index (χ4v) is 1.19. The van der Waals surface area contributed by atoms with E-state index in [4.69, 9.17) is 15.2 Å². The van der Waals surface area contributed by atoms with Gasteiger partial charge in [0.15, 0.2) is 0 Å². The van der Waals surface area contributed by atoms with Crippen LogP contribution in [0, 0.1) is 0 Å². The zero-order chi connectivity index (χ0) is 13.6. The number of anilines is 1. The fraction of sp³-hybridized carbons (Fsp3) is 0.462. The minimum atomic E-state index is -0.852. The molecule has 0 heterocycles. The van der Waals surface area contributed by atoms with Crippen molar-refractivity contribution in [2.45, 2.75) is 19.4 Å². The molecular formula is C13H21ClN2O3. The standard InChI is InChI=1S/C13H20N2O3.ClH/c1-13(2,17-3)12(16)15-10-4-6-11(7-5-10)18-9-8-14;/h4-7H,8-9,14H2,1-3H3,(H,15,16);1H. The highest BCUT2D eigenvalue weighted by Gasteiger charge is 2.26. The van der Waals surface area contributed by atoms with E-state index >= 15 is 0 Å². The van der Waals surface area contributed by atoms with Crippen molar-refractivity contribution in [3.8, 4) is 5.75 Å². The molecule has 0 radical (unpaired) electrons. The summed E-state index contributed by atoms with van der Waals surface area (Å²) in [6.45, 7) is 4.37. The van der Waals surface area contributed by atoms with E-state index in [0.717, 1.165) is 5.75 Å². The lowest BCUT2D eigenvalue weighted by Gasteiger charge is -2.21. The first-order valence-corrected chi connectivity index (χ1v) is 5.79. The molecule has 0 spiro atoms. The molecule has 0 aliphatic rings. The van der Waals surface area contributed by atoms with Gasteiger partial charge in [0.1, 0.15) is 18.0 Å². The molecule has 0 bridgehead atoms. The molecule has 0 unspecified atom stereocenters. The molecule has 0 saturated heterocycles. The van der Waals surface area contributed by atoms with Crippen molar-refractivity contribution < 1.29 is 14.3 Å². The maximum atomic E-state index is 11.8. The van der Waals surface area contributed by atoms with Crippen LogP contribution in [0.15, 0.2) is 24.3 Å². The Morgan fingerprint density at radius 1 is 1.32 bits per heavy atom.